The lowest BCUT2D eigenvalue weighted by Gasteiger charge is -2.40. The summed E-state index contributed by atoms with van der Waals surface area (Å²) < 4.78 is 10.6. The number of aromatic nitrogens is 2. The van der Waals surface area contributed by atoms with Gasteiger partial charge in [-0.3, -0.25) is 9.59 Å². The molecule has 0 spiro atoms. The molecule has 40 heavy (non-hydrogen) atoms. The molecule has 5 atom stereocenters. The molecular formula is C27H31ClN4O8. The number of aliphatic hydroxyl groups is 4. The van der Waals surface area contributed by atoms with Crippen molar-refractivity contribution in [1.29, 1.82) is 0 Å². The number of aryl methyl sites for hydroxylation is 1. The Morgan fingerprint density at radius 3 is 2.75 bits per heavy atom. The maximum atomic E-state index is 13.1. The number of halogens is 1. The van der Waals surface area contributed by atoms with Crippen molar-refractivity contribution < 1.29 is 39.5 Å². The van der Waals surface area contributed by atoms with Gasteiger partial charge in [0.15, 0.2) is 6.29 Å². The zero-order valence-corrected chi connectivity index (χ0v) is 22.5. The van der Waals surface area contributed by atoms with Gasteiger partial charge >= 0.3 is 0 Å². The molecule has 2 amide bonds. The number of anilines is 1. The van der Waals surface area contributed by atoms with E-state index < -0.39 is 49.8 Å². The predicted molar refractivity (Wildman–Crippen MR) is 145 cm³/mol. The number of amides is 2. The van der Waals surface area contributed by atoms with Crippen molar-refractivity contribution in [1.82, 2.24) is 14.9 Å². The first-order valence-corrected chi connectivity index (χ1v) is 13.4. The molecule has 12 nitrogen and oxygen atoms in total. The number of aromatic amines is 1. The van der Waals surface area contributed by atoms with Crippen LogP contribution in [0.4, 0.5) is 5.69 Å². The number of rotatable bonds is 7. The van der Waals surface area contributed by atoms with Crippen LogP contribution in [0.5, 0.6) is 0 Å². The van der Waals surface area contributed by atoms with Crippen molar-refractivity contribution in [2.75, 3.05) is 37.7 Å². The topological polar surface area (TPSA) is 169 Å². The molecule has 2 aliphatic rings. The summed E-state index contributed by atoms with van der Waals surface area (Å²) in [5, 5.41) is 40.6. The van der Waals surface area contributed by atoms with Crippen LogP contribution in [0, 0.1) is 0 Å². The fourth-order valence-electron chi connectivity index (χ4n) is 5.05. The molecule has 1 aromatic carbocycles. The fourth-order valence-corrected chi connectivity index (χ4v) is 5.42. The second kappa shape index (κ2) is 11.8. The summed E-state index contributed by atoms with van der Waals surface area (Å²) in [5.41, 5.74) is 4.00. The Bertz CT molecular complexity index is 1400. The van der Waals surface area contributed by atoms with E-state index in [2.05, 4.69) is 9.97 Å². The second-order valence-corrected chi connectivity index (χ2v) is 10.2. The van der Waals surface area contributed by atoms with Gasteiger partial charge in [0.2, 0.25) is 11.8 Å². The maximum Gasteiger partial charge on any atom is 0.249 e. The number of benzene rings is 1. The average Bonchev–Trinajstić information content (AvgIpc) is 3.40. The van der Waals surface area contributed by atoms with Gasteiger partial charge in [-0.1, -0.05) is 30.7 Å². The molecule has 3 aromatic rings. The van der Waals surface area contributed by atoms with E-state index in [9.17, 15) is 30.0 Å². The van der Waals surface area contributed by atoms with Crippen molar-refractivity contribution in [3.8, 4) is 11.1 Å². The third-order valence-corrected chi connectivity index (χ3v) is 7.75. The number of nitrogens with zero attached hydrogens (tertiary/aromatic N) is 3. The van der Waals surface area contributed by atoms with Crippen molar-refractivity contribution in [3.05, 3.63) is 47.2 Å². The Morgan fingerprint density at radius 1 is 1.23 bits per heavy atom. The first kappa shape index (κ1) is 28.4. The highest BCUT2D eigenvalue weighted by atomic mass is 35.5. The van der Waals surface area contributed by atoms with Crippen LogP contribution in [0.25, 0.3) is 22.2 Å². The monoisotopic (exact) mass is 574 g/mol. The molecule has 2 aromatic heterocycles. The first-order chi connectivity index (χ1) is 19.2. The van der Waals surface area contributed by atoms with Gasteiger partial charge in [0.1, 0.15) is 43.2 Å². The Labute approximate surface area is 234 Å². The number of piperazine rings is 1. The number of carbonyl (C=O) groups excluding carboxylic acids is 2. The smallest absolute Gasteiger partial charge is 0.249 e. The lowest BCUT2D eigenvalue weighted by molar-refractivity contribution is -0.299. The van der Waals surface area contributed by atoms with E-state index in [0.29, 0.717) is 16.4 Å². The molecule has 2 aliphatic heterocycles. The number of pyridine rings is 1. The van der Waals surface area contributed by atoms with E-state index >= 15 is 0 Å². The summed E-state index contributed by atoms with van der Waals surface area (Å²) >= 11 is 6.79. The first-order valence-electron chi connectivity index (χ1n) is 13.0. The van der Waals surface area contributed by atoms with Gasteiger partial charge in [-0.15, -0.1) is 0 Å². The third-order valence-electron chi connectivity index (χ3n) is 7.36. The number of carbonyl (C=O) groups is 2. The molecule has 2 fully saturated rings. The SMILES string of the molecule is CCc1c[nH]c2ncc(-c3cccc(N4CCN(C(=O)CO[C@@H]5O[C@H](CO)[C@@H](O)[C@H](O)[C@H]5O)CC4=O)c3)c(Cl)c12. The van der Waals surface area contributed by atoms with Crippen LogP contribution in [0.15, 0.2) is 36.7 Å². The number of nitrogens with one attached hydrogen (secondary N) is 1. The lowest BCUT2D eigenvalue weighted by Crippen LogP contribution is -2.59. The number of H-pyrrole nitrogens is 1. The number of ether oxygens (including phenoxy) is 2. The molecule has 0 radical (unpaired) electrons. The van der Waals surface area contributed by atoms with Gasteiger partial charge in [0, 0.05) is 42.1 Å². The summed E-state index contributed by atoms with van der Waals surface area (Å²) in [7, 11) is 0. The molecule has 0 unspecified atom stereocenters. The summed E-state index contributed by atoms with van der Waals surface area (Å²) in [5.74, 6) is -0.800. The van der Waals surface area contributed by atoms with Crippen LogP contribution in [0.3, 0.4) is 0 Å². The molecule has 5 rings (SSSR count). The van der Waals surface area contributed by atoms with Crippen LogP contribution in [0.2, 0.25) is 5.02 Å². The Balaban J connectivity index is 1.24. The minimum Gasteiger partial charge on any atom is -0.394 e. The summed E-state index contributed by atoms with van der Waals surface area (Å²) in [6, 6.07) is 7.42. The number of hydrogen-bond donors (Lipinski definition) is 5. The molecule has 0 bridgehead atoms. The van der Waals surface area contributed by atoms with E-state index in [-0.39, 0.29) is 25.5 Å². The molecule has 4 heterocycles. The second-order valence-electron chi connectivity index (χ2n) is 9.80. The summed E-state index contributed by atoms with van der Waals surface area (Å²) in [6.45, 7) is 1.21. The fraction of sp³-hybridized carbons (Fsp3) is 0.444. The van der Waals surface area contributed by atoms with Crippen LogP contribution < -0.4 is 4.90 Å². The third kappa shape index (κ3) is 5.31. The van der Waals surface area contributed by atoms with Crippen molar-refractivity contribution in [3.63, 3.8) is 0 Å². The highest BCUT2D eigenvalue weighted by molar-refractivity contribution is 6.38. The van der Waals surface area contributed by atoms with Gasteiger partial charge in [-0.05, 0) is 29.7 Å². The summed E-state index contributed by atoms with van der Waals surface area (Å²) in [4.78, 5) is 36.4. The van der Waals surface area contributed by atoms with Gasteiger partial charge in [0.05, 0.1) is 11.6 Å². The molecule has 0 saturated carbocycles. The standard InChI is InChI=1S/C27H31ClN4O8/c1-2-14-9-29-26-21(14)22(28)17(10-30-26)15-4-3-5-16(8-15)32-7-6-31(11-19(32)34)20(35)13-39-27-25(38)24(37)23(36)18(12-33)40-27/h3-5,8-10,18,23-25,27,33,36-38H,2,6-7,11-13H2,1H3,(H,29,30)/t18-,23-,24+,25-,27-/m1/s1. The molecule has 5 N–H and O–H groups in total. The van der Waals surface area contributed by atoms with E-state index in [1.807, 2.05) is 37.4 Å². The maximum absolute atomic E-state index is 13.1. The van der Waals surface area contributed by atoms with Gasteiger partial charge in [0.25, 0.3) is 0 Å². The van der Waals surface area contributed by atoms with E-state index in [1.54, 1.807) is 11.1 Å². The molecule has 2 saturated heterocycles. The van der Waals surface area contributed by atoms with Gasteiger partial charge in [-0.25, -0.2) is 4.98 Å². The average molecular weight is 575 g/mol. The molecule has 13 heteroatoms. The van der Waals surface area contributed by atoms with Crippen LogP contribution in [-0.4, -0.2) is 111 Å². The number of hydrogen-bond acceptors (Lipinski definition) is 9. The minimum absolute atomic E-state index is 0.182. The zero-order valence-electron chi connectivity index (χ0n) is 21.7. The molecular weight excluding hydrogens is 544 g/mol. The number of aliphatic hydroxyl groups excluding tert-OH is 4. The highest BCUT2D eigenvalue weighted by Gasteiger charge is 2.44. The number of fused-ring (bicyclic) bond motifs is 1. The van der Waals surface area contributed by atoms with Crippen LogP contribution in [0.1, 0.15) is 12.5 Å². The minimum atomic E-state index is -1.62. The van der Waals surface area contributed by atoms with Crippen LogP contribution in [-0.2, 0) is 25.5 Å². The van der Waals surface area contributed by atoms with Crippen LogP contribution >= 0.6 is 11.6 Å². The molecule has 0 aliphatic carbocycles. The lowest BCUT2D eigenvalue weighted by atomic mass is 9.99. The van der Waals surface area contributed by atoms with Crippen molar-refractivity contribution in [2.24, 2.45) is 0 Å². The van der Waals surface area contributed by atoms with E-state index in [0.717, 1.165) is 28.5 Å². The largest absolute Gasteiger partial charge is 0.394 e. The molecule has 214 valence electrons. The quantitative estimate of drug-likeness (QED) is 0.269. The Morgan fingerprint density at radius 2 is 2.02 bits per heavy atom. The Hall–Kier alpha value is -3.10. The summed E-state index contributed by atoms with van der Waals surface area (Å²) in [6.07, 6.45) is -2.94. The normalized spacial score (nSPS) is 25.6. The highest BCUT2D eigenvalue weighted by Crippen LogP contribution is 2.36. The zero-order chi connectivity index (χ0) is 28.6. The predicted octanol–water partition coefficient (Wildman–Crippen LogP) is 0.437. The van der Waals surface area contributed by atoms with E-state index in [4.69, 9.17) is 21.1 Å². The van der Waals surface area contributed by atoms with E-state index in [1.165, 1.54) is 4.90 Å². The van der Waals surface area contributed by atoms with Gasteiger partial charge in [-0.2, -0.15) is 0 Å². The van der Waals surface area contributed by atoms with Crippen molar-refractivity contribution in [2.45, 2.75) is 44.1 Å². The Kier molecular flexibility index (Phi) is 8.38. The van der Waals surface area contributed by atoms with Gasteiger partial charge < -0.3 is 44.7 Å². The van der Waals surface area contributed by atoms with Crippen molar-refractivity contribution >= 4 is 40.1 Å².